The Hall–Kier alpha value is -2.67. The molecule has 0 heterocycles. The number of aliphatic carboxylic acids is 1. The SMILES string of the molecule is CC/C=C\C/C=C\C/C=C\C/C=C\CCCCC(CCCCCCCC(=O)NC(CCCN)C(=O)O)OC(=O)CCCCCCCCCCCCCCCCCC. The first kappa shape index (κ1) is 54.3. The van der Waals surface area contributed by atoms with Crippen LogP contribution in [-0.4, -0.2) is 41.6 Å². The Labute approximate surface area is 351 Å². The molecule has 7 nitrogen and oxygen atoms in total. The van der Waals surface area contributed by atoms with E-state index in [0.29, 0.717) is 32.2 Å². The second kappa shape index (κ2) is 44.4. The van der Waals surface area contributed by atoms with Crippen LogP contribution in [0.4, 0.5) is 0 Å². The zero-order valence-corrected chi connectivity index (χ0v) is 37.2. The summed E-state index contributed by atoms with van der Waals surface area (Å²) < 4.78 is 6.05. The van der Waals surface area contributed by atoms with E-state index in [1.807, 2.05) is 0 Å². The van der Waals surface area contributed by atoms with Crippen LogP contribution in [0.3, 0.4) is 0 Å². The third-order valence-electron chi connectivity index (χ3n) is 10.7. The van der Waals surface area contributed by atoms with E-state index in [1.165, 1.54) is 89.9 Å². The third kappa shape index (κ3) is 41.3. The van der Waals surface area contributed by atoms with Crippen LogP contribution in [0.5, 0.6) is 0 Å². The standard InChI is InChI=1S/C50H90N2O5/c1-3-5-7-9-11-13-15-17-19-21-23-25-27-29-34-38-44-49(54)57-46(40-35-31-28-26-24-22-20-18-16-14-12-10-8-6-4-2)41-36-32-30-33-37-43-48(53)52-47(50(55)56)42-39-45-51/h6,8,12,14,18,20,24,26,46-47H,3-5,7,9-11,13,15-17,19,21-23,25,27-45,51H2,1-2H3,(H,52,53)(H,55,56)/b8-6-,14-12-,20-18-,26-24-. The van der Waals surface area contributed by atoms with Crippen molar-refractivity contribution in [3.63, 3.8) is 0 Å². The molecular weight excluding hydrogens is 709 g/mol. The average molecular weight is 799 g/mol. The molecule has 0 aromatic rings. The molecule has 1 amide bonds. The van der Waals surface area contributed by atoms with E-state index in [0.717, 1.165) is 103 Å². The summed E-state index contributed by atoms with van der Waals surface area (Å²) in [7, 11) is 0. The number of carboxylic acid groups (broad SMARTS) is 1. The number of carbonyl (C=O) groups excluding carboxylic acids is 2. The van der Waals surface area contributed by atoms with Gasteiger partial charge in [-0.05, 0) is 96.4 Å². The van der Waals surface area contributed by atoms with Crippen molar-refractivity contribution in [1.29, 1.82) is 0 Å². The van der Waals surface area contributed by atoms with Crippen molar-refractivity contribution in [3.8, 4) is 0 Å². The Morgan fingerprint density at radius 1 is 0.526 bits per heavy atom. The number of rotatable bonds is 43. The normalized spacial score (nSPS) is 13.0. The number of ether oxygens (including phenoxy) is 1. The van der Waals surface area contributed by atoms with Gasteiger partial charge in [-0.2, -0.15) is 0 Å². The maximum absolute atomic E-state index is 12.8. The lowest BCUT2D eigenvalue weighted by Gasteiger charge is -2.18. The summed E-state index contributed by atoms with van der Waals surface area (Å²) in [6.45, 7) is 4.84. The topological polar surface area (TPSA) is 119 Å². The molecule has 2 atom stereocenters. The smallest absolute Gasteiger partial charge is 0.326 e. The Balaban J connectivity index is 4.38. The molecule has 0 aliphatic carbocycles. The number of hydrogen-bond acceptors (Lipinski definition) is 5. The zero-order valence-electron chi connectivity index (χ0n) is 37.2. The molecule has 0 aromatic carbocycles. The Bertz CT molecular complexity index is 1040. The Morgan fingerprint density at radius 3 is 1.46 bits per heavy atom. The van der Waals surface area contributed by atoms with E-state index in [2.05, 4.69) is 67.8 Å². The lowest BCUT2D eigenvalue weighted by atomic mass is 10.0. The van der Waals surface area contributed by atoms with Crippen molar-refractivity contribution < 1.29 is 24.2 Å². The quantitative estimate of drug-likeness (QED) is 0.0321. The molecule has 2 unspecified atom stereocenters. The molecule has 0 aromatic heterocycles. The molecule has 0 bridgehead atoms. The van der Waals surface area contributed by atoms with Crippen LogP contribution in [0.25, 0.3) is 0 Å². The minimum atomic E-state index is -1.01. The predicted molar refractivity (Wildman–Crippen MR) is 243 cm³/mol. The third-order valence-corrected chi connectivity index (χ3v) is 10.7. The number of nitrogens with two attached hydrogens (primary N) is 1. The molecule has 0 saturated heterocycles. The minimum absolute atomic E-state index is 0.0248. The van der Waals surface area contributed by atoms with Gasteiger partial charge in [0.2, 0.25) is 5.91 Å². The molecular formula is C50H90N2O5. The largest absolute Gasteiger partial charge is 0.480 e. The second-order valence-electron chi connectivity index (χ2n) is 16.1. The van der Waals surface area contributed by atoms with Gasteiger partial charge in [0.25, 0.3) is 0 Å². The molecule has 7 heteroatoms. The number of esters is 1. The first-order valence-corrected chi connectivity index (χ1v) is 24.0. The van der Waals surface area contributed by atoms with E-state index in [1.54, 1.807) is 0 Å². The summed E-state index contributed by atoms with van der Waals surface area (Å²) in [6, 6.07) is -0.862. The van der Waals surface area contributed by atoms with Crippen molar-refractivity contribution in [3.05, 3.63) is 48.6 Å². The molecule has 0 rings (SSSR count). The van der Waals surface area contributed by atoms with Gasteiger partial charge < -0.3 is 20.9 Å². The molecule has 4 N–H and O–H groups in total. The Kier molecular flexibility index (Phi) is 42.4. The van der Waals surface area contributed by atoms with Gasteiger partial charge in [0.1, 0.15) is 12.1 Å². The van der Waals surface area contributed by atoms with Gasteiger partial charge in [-0.15, -0.1) is 0 Å². The van der Waals surface area contributed by atoms with Crippen molar-refractivity contribution in [2.75, 3.05) is 6.54 Å². The van der Waals surface area contributed by atoms with E-state index >= 15 is 0 Å². The number of hydrogen-bond donors (Lipinski definition) is 3. The van der Waals surface area contributed by atoms with Crippen LogP contribution >= 0.6 is 0 Å². The molecule has 0 fully saturated rings. The maximum atomic E-state index is 12.8. The van der Waals surface area contributed by atoms with Crippen LogP contribution in [0.15, 0.2) is 48.6 Å². The van der Waals surface area contributed by atoms with E-state index in [4.69, 9.17) is 10.5 Å². The van der Waals surface area contributed by atoms with Crippen molar-refractivity contribution in [2.45, 2.75) is 244 Å². The number of carbonyl (C=O) groups is 3. The number of amides is 1. The molecule has 0 aliphatic heterocycles. The van der Waals surface area contributed by atoms with Crippen LogP contribution in [0.1, 0.15) is 232 Å². The lowest BCUT2D eigenvalue weighted by Crippen LogP contribution is -2.40. The van der Waals surface area contributed by atoms with Crippen LogP contribution in [0.2, 0.25) is 0 Å². The number of unbranched alkanes of at least 4 members (excludes halogenated alkanes) is 21. The fourth-order valence-corrected chi connectivity index (χ4v) is 7.09. The van der Waals surface area contributed by atoms with Gasteiger partial charge in [0.05, 0.1) is 0 Å². The lowest BCUT2D eigenvalue weighted by molar-refractivity contribution is -0.150. The molecule has 0 saturated carbocycles. The van der Waals surface area contributed by atoms with Gasteiger partial charge >= 0.3 is 11.9 Å². The highest BCUT2D eigenvalue weighted by Gasteiger charge is 2.19. The van der Waals surface area contributed by atoms with Crippen LogP contribution in [0, 0.1) is 0 Å². The van der Waals surface area contributed by atoms with E-state index in [9.17, 15) is 19.5 Å². The summed E-state index contributed by atoms with van der Waals surface area (Å²) in [6.07, 6.45) is 54.5. The maximum Gasteiger partial charge on any atom is 0.326 e. The molecule has 0 aliphatic rings. The van der Waals surface area contributed by atoms with Gasteiger partial charge in [-0.25, -0.2) is 4.79 Å². The summed E-state index contributed by atoms with van der Waals surface area (Å²) in [5, 5.41) is 12.0. The van der Waals surface area contributed by atoms with Gasteiger partial charge in [-0.3, -0.25) is 9.59 Å². The average Bonchev–Trinajstić information content (AvgIpc) is 3.20. The van der Waals surface area contributed by atoms with E-state index in [-0.39, 0.29) is 18.0 Å². The predicted octanol–water partition coefficient (Wildman–Crippen LogP) is 14.0. The highest BCUT2D eigenvalue weighted by Crippen LogP contribution is 2.19. The van der Waals surface area contributed by atoms with E-state index < -0.39 is 12.0 Å². The second-order valence-corrected chi connectivity index (χ2v) is 16.1. The zero-order chi connectivity index (χ0) is 41.7. The molecule has 57 heavy (non-hydrogen) atoms. The van der Waals surface area contributed by atoms with Gasteiger partial charge in [-0.1, -0.05) is 178 Å². The number of carboxylic acids is 1. The first-order chi connectivity index (χ1) is 27.9. The summed E-state index contributed by atoms with van der Waals surface area (Å²) >= 11 is 0. The fourth-order valence-electron chi connectivity index (χ4n) is 7.09. The van der Waals surface area contributed by atoms with Crippen molar-refractivity contribution in [1.82, 2.24) is 5.32 Å². The monoisotopic (exact) mass is 799 g/mol. The number of allylic oxidation sites excluding steroid dienone is 8. The summed E-state index contributed by atoms with van der Waals surface area (Å²) in [5.41, 5.74) is 5.49. The summed E-state index contributed by atoms with van der Waals surface area (Å²) in [4.78, 5) is 36.5. The number of nitrogens with one attached hydrogen (secondary N) is 1. The minimum Gasteiger partial charge on any atom is -0.480 e. The Morgan fingerprint density at radius 2 is 0.965 bits per heavy atom. The molecule has 0 spiro atoms. The van der Waals surface area contributed by atoms with Crippen molar-refractivity contribution in [2.24, 2.45) is 5.73 Å². The van der Waals surface area contributed by atoms with Crippen LogP contribution < -0.4 is 11.1 Å². The molecule has 330 valence electrons. The van der Waals surface area contributed by atoms with Crippen molar-refractivity contribution >= 4 is 17.8 Å². The van der Waals surface area contributed by atoms with Gasteiger partial charge in [0.15, 0.2) is 0 Å². The summed E-state index contributed by atoms with van der Waals surface area (Å²) in [5.74, 6) is -1.26. The molecule has 0 radical (unpaired) electrons. The highest BCUT2D eigenvalue weighted by molar-refractivity contribution is 5.83. The van der Waals surface area contributed by atoms with Gasteiger partial charge in [0, 0.05) is 12.8 Å². The highest BCUT2D eigenvalue weighted by atomic mass is 16.5. The fraction of sp³-hybridized carbons (Fsp3) is 0.780. The first-order valence-electron chi connectivity index (χ1n) is 24.0. The van der Waals surface area contributed by atoms with Crippen LogP contribution in [-0.2, 0) is 19.1 Å².